The van der Waals surface area contributed by atoms with Gasteiger partial charge in [0.1, 0.15) is 4.83 Å². The van der Waals surface area contributed by atoms with Crippen molar-refractivity contribution in [3.05, 3.63) is 28.7 Å². The second-order valence-electron chi connectivity index (χ2n) is 2.57. The molecule has 4 nitrogen and oxygen atoms in total. The Hall–Kier alpha value is -1.49. The van der Waals surface area contributed by atoms with Gasteiger partial charge in [-0.15, -0.1) is 0 Å². The maximum atomic E-state index is 11.5. The van der Waals surface area contributed by atoms with E-state index in [2.05, 4.69) is 4.98 Å². The van der Waals surface area contributed by atoms with Gasteiger partial charge in [0.25, 0.3) is 5.56 Å². The molecular weight excluding hydrogens is 188 g/mol. The highest BCUT2D eigenvalue weighted by Crippen LogP contribution is 2.12. The number of aromatic nitrogens is 2. The number of hydrogen-bond donors (Lipinski definition) is 0. The molecule has 0 saturated heterocycles. The molecule has 66 valence electrons. The summed E-state index contributed by atoms with van der Waals surface area (Å²) >= 11 is 1.08. The molecule has 2 heterocycles. The highest BCUT2D eigenvalue weighted by Gasteiger charge is 2.09. The Kier molecular flexibility index (Phi) is 1.73. The van der Waals surface area contributed by atoms with E-state index in [1.54, 1.807) is 18.3 Å². The maximum Gasteiger partial charge on any atom is 0.277 e. The van der Waals surface area contributed by atoms with Crippen molar-refractivity contribution in [3.8, 4) is 0 Å². The van der Waals surface area contributed by atoms with E-state index in [1.165, 1.54) is 6.92 Å². The second kappa shape index (κ2) is 2.77. The molecule has 0 unspecified atom stereocenters. The fraction of sp³-hybridized carbons (Fsp3) is 0.125. The third kappa shape index (κ3) is 1.17. The average molecular weight is 194 g/mol. The van der Waals surface area contributed by atoms with Crippen LogP contribution in [0.5, 0.6) is 0 Å². The molecule has 0 atom stereocenters. The van der Waals surface area contributed by atoms with E-state index in [9.17, 15) is 9.59 Å². The van der Waals surface area contributed by atoms with E-state index in [0.717, 1.165) is 15.5 Å². The van der Waals surface area contributed by atoms with Crippen LogP contribution in [0.4, 0.5) is 0 Å². The molecule has 0 amide bonds. The molecule has 0 saturated carbocycles. The van der Waals surface area contributed by atoms with Crippen LogP contribution in [0.25, 0.3) is 10.2 Å². The second-order valence-corrected chi connectivity index (χ2v) is 3.50. The predicted octanol–water partition coefficient (Wildman–Crippen LogP) is 1.12. The zero-order valence-electron chi connectivity index (χ0n) is 6.85. The molecule has 0 bridgehead atoms. The van der Waals surface area contributed by atoms with Gasteiger partial charge in [-0.25, -0.2) is 4.98 Å². The van der Waals surface area contributed by atoms with E-state index >= 15 is 0 Å². The molecule has 2 rings (SSSR count). The summed E-state index contributed by atoms with van der Waals surface area (Å²) in [6.07, 6.45) is 1.60. The maximum absolute atomic E-state index is 11.5. The van der Waals surface area contributed by atoms with Gasteiger partial charge < -0.3 is 0 Å². The van der Waals surface area contributed by atoms with Crippen molar-refractivity contribution in [2.75, 3.05) is 0 Å². The van der Waals surface area contributed by atoms with Crippen molar-refractivity contribution in [3.63, 3.8) is 0 Å². The Morgan fingerprint density at radius 3 is 3.00 bits per heavy atom. The highest BCUT2D eigenvalue weighted by atomic mass is 32.1. The largest absolute Gasteiger partial charge is 0.277 e. The monoisotopic (exact) mass is 194 g/mol. The van der Waals surface area contributed by atoms with Crippen molar-refractivity contribution in [1.82, 2.24) is 8.94 Å². The smallest absolute Gasteiger partial charge is 0.273 e. The molecular formula is C8H6N2O2S. The van der Waals surface area contributed by atoms with Crippen LogP contribution in [-0.4, -0.2) is 14.8 Å². The Bertz CT molecular complexity index is 526. The molecule has 0 radical (unpaired) electrons. The van der Waals surface area contributed by atoms with Crippen LogP contribution >= 0.6 is 11.5 Å². The highest BCUT2D eigenvalue weighted by molar-refractivity contribution is 7.14. The van der Waals surface area contributed by atoms with Crippen LogP contribution in [0.1, 0.15) is 11.7 Å². The van der Waals surface area contributed by atoms with Crippen LogP contribution in [0.15, 0.2) is 23.1 Å². The van der Waals surface area contributed by atoms with Crippen LogP contribution < -0.4 is 5.56 Å². The van der Waals surface area contributed by atoms with Crippen LogP contribution in [0.3, 0.4) is 0 Å². The lowest BCUT2D eigenvalue weighted by molar-refractivity contribution is 0.0946. The predicted molar refractivity (Wildman–Crippen MR) is 50.2 cm³/mol. The van der Waals surface area contributed by atoms with Gasteiger partial charge in [0, 0.05) is 13.1 Å². The van der Waals surface area contributed by atoms with E-state index < -0.39 is 0 Å². The summed E-state index contributed by atoms with van der Waals surface area (Å²) in [4.78, 5) is 27.1. The molecule has 0 aliphatic heterocycles. The summed E-state index contributed by atoms with van der Waals surface area (Å²) in [5.74, 6) is -0.270. The lowest BCUT2D eigenvalue weighted by Crippen LogP contribution is -2.17. The van der Waals surface area contributed by atoms with Crippen molar-refractivity contribution in [1.29, 1.82) is 0 Å². The SMILES string of the molecule is CC(=O)n1sc2ncccc2c1=O. The van der Waals surface area contributed by atoms with Crippen LogP contribution in [0.2, 0.25) is 0 Å². The van der Waals surface area contributed by atoms with Gasteiger partial charge in [0.2, 0.25) is 5.91 Å². The minimum atomic E-state index is -0.277. The Morgan fingerprint density at radius 1 is 1.62 bits per heavy atom. The minimum absolute atomic E-state index is 0.270. The minimum Gasteiger partial charge on any atom is -0.273 e. The summed E-state index contributed by atoms with van der Waals surface area (Å²) in [6.45, 7) is 1.36. The number of carbonyl (C=O) groups excluding carboxylic acids is 1. The number of rotatable bonds is 0. The van der Waals surface area contributed by atoms with Gasteiger partial charge in [0.15, 0.2) is 0 Å². The topological polar surface area (TPSA) is 52.0 Å². The molecule has 0 aliphatic rings. The fourth-order valence-corrected chi connectivity index (χ4v) is 1.92. The van der Waals surface area contributed by atoms with Crippen molar-refractivity contribution in [2.24, 2.45) is 0 Å². The Labute approximate surface area is 77.6 Å². The number of nitrogens with zero attached hydrogens (tertiary/aromatic N) is 2. The molecule has 13 heavy (non-hydrogen) atoms. The number of fused-ring (bicyclic) bond motifs is 1. The lowest BCUT2D eigenvalue weighted by atomic mass is 10.4. The van der Waals surface area contributed by atoms with Gasteiger partial charge >= 0.3 is 0 Å². The normalized spacial score (nSPS) is 10.5. The summed E-state index contributed by atoms with van der Waals surface area (Å²) in [5.41, 5.74) is -0.277. The zero-order valence-corrected chi connectivity index (χ0v) is 7.67. The number of hydrogen-bond acceptors (Lipinski definition) is 4. The van der Waals surface area contributed by atoms with E-state index in [-0.39, 0.29) is 11.5 Å². The molecule has 2 aromatic heterocycles. The third-order valence-electron chi connectivity index (χ3n) is 1.65. The molecule has 0 aromatic carbocycles. The van der Waals surface area contributed by atoms with Crippen molar-refractivity contribution in [2.45, 2.75) is 6.92 Å². The summed E-state index contributed by atoms with van der Waals surface area (Å²) < 4.78 is 1.11. The van der Waals surface area contributed by atoms with Crippen molar-refractivity contribution < 1.29 is 4.79 Å². The number of carbonyl (C=O) groups is 1. The summed E-state index contributed by atoms with van der Waals surface area (Å²) in [6, 6.07) is 3.35. The van der Waals surface area contributed by atoms with E-state index in [0.29, 0.717) is 10.2 Å². The molecule has 0 aliphatic carbocycles. The molecule has 2 aromatic rings. The van der Waals surface area contributed by atoms with Crippen LogP contribution in [0, 0.1) is 0 Å². The van der Waals surface area contributed by atoms with Gasteiger partial charge in [-0.05, 0) is 23.7 Å². The first kappa shape index (κ1) is 8.12. The van der Waals surface area contributed by atoms with Gasteiger partial charge in [-0.1, -0.05) is 0 Å². The molecule has 0 spiro atoms. The summed E-state index contributed by atoms with van der Waals surface area (Å²) in [5, 5.41) is 0.503. The Balaban J connectivity index is 2.90. The first-order valence-electron chi connectivity index (χ1n) is 3.68. The van der Waals surface area contributed by atoms with Crippen LogP contribution in [-0.2, 0) is 0 Å². The first-order chi connectivity index (χ1) is 6.20. The van der Waals surface area contributed by atoms with Crippen molar-refractivity contribution >= 4 is 27.7 Å². The fourth-order valence-electron chi connectivity index (χ4n) is 1.07. The molecule has 0 N–H and O–H groups in total. The van der Waals surface area contributed by atoms with Gasteiger partial charge in [-0.3, -0.25) is 9.59 Å². The molecule has 0 fully saturated rings. The third-order valence-corrected chi connectivity index (χ3v) is 2.75. The molecule has 5 heteroatoms. The first-order valence-corrected chi connectivity index (χ1v) is 4.45. The standard InChI is InChI=1S/C8H6N2O2S/c1-5(11)10-8(12)6-3-2-4-9-7(6)13-10/h2-4H,1H3. The van der Waals surface area contributed by atoms with E-state index in [1.807, 2.05) is 0 Å². The quantitative estimate of drug-likeness (QED) is 0.631. The lowest BCUT2D eigenvalue weighted by Gasteiger charge is -1.86. The van der Waals surface area contributed by atoms with Gasteiger partial charge in [-0.2, -0.15) is 3.96 Å². The van der Waals surface area contributed by atoms with Gasteiger partial charge in [0.05, 0.1) is 5.39 Å². The van der Waals surface area contributed by atoms with E-state index in [4.69, 9.17) is 0 Å². The average Bonchev–Trinajstić information content (AvgIpc) is 2.45. The number of pyridine rings is 1. The zero-order chi connectivity index (χ0) is 9.42. The summed E-state index contributed by atoms with van der Waals surface area (Å²) in [7, 11) is 0. The Morgan fingerprint density at radius 2 is 2.38 bits per heavy atom.